The lowest BCUT2D eigenvalue weighted by Gasteiger charge is -2.19. The van der Waals surface area contributed by atoms with Crippen LogP contribution in [0.2, 0.25) is 0 Å². The molecule has 28 heavy (non-hydrogen) atoms. The van der Waals surface area contributed by atoms with Crippen molar-refractivity contribution in [1.29, 1.82) is 0 Å². The third-order valence-corrected chi connectivity index (χ3v) is 4.58. The number of carbonyl (C=O) groups is 2. The van der Waals surface area contributed by atoms with E-state index in [1.54, 1.807) is 49.8 Å². The number of aryl methyl sites for hydroxylation is 1. The van der Waals surface area contributed by atoms with E-state index in [2.05, 4.69) is 15.6 Å². The minimum Gasteiger partial charge on any atom is -0.493 e. The number of nitrogens with one attached hydrogen (secondary N) is 2. The van der Waals surface area contributed by atoms with Crippen LogP contribution in [0, 0.1) is 0 Å². The summed E-state index contributed by atoms with van der Waals surface area (Å²) >= 11 is 0. The van der Waals surface area contributed by atoms with E-state index in [1.165, 1.54) is 0 Å². The van der Waals surface area contributed by atoms with Crippen LogP contribution in [0.4, 0.5) is 10.5 Å². The Labute approximate surface area is 163 Å². The number of amides is 3. The molecule has 3 rings (SSSR count). The third kappa shape index (κ3) is 4.73. The molecule has 2 N–H and O–H groups in total. The number of methoxy groups -OCH3 is 2. The molecule has 0 saturated carbocycles. The molecule has 0 aliphatic carbocycles. The summed E-state index contributed by atoms with van der Waals surface area (Å²) in [5, 5.41) is 5.69. The van der Waals surface area contributed by atoms with Crippen molar-refractivity contribution in [3.63, 3.8) is 0 Å². The van der Waals surface area contributed by atoms with E-state index in [9.17, 15) is 9.59 Å². The zero-order chi connectivity index (χ0) is 19.9. The molecule has 150 valence electrons. The van der Waals surface area contributed by atoms with E-state index >= 15 is 0 Å². The quantitative estimate of drug-likeness (QED) is 0.667. The summed E-state index contributed by atoms with van der Waals surface area (Å²) in [7, 11) is 3.11. The third-order valence-electron chi connectivity index (χ3n) is 4.58. The number of aromatic nitrogens is 2. The monoisotopic (exact) mass is 387 g/mol. The molecule has 9 heteroatoms. The molecular weight excluding hydrogens is 362 g/mol. The van der Waals surface area contributed by atoms with Gasteiger partial charge in [-0.25, -0.2) is 9.78 Å². The molecule has 2 heterocycles. The zero-order valence-corrected chi connectivity index (χ0v) is 16.1. The molecule has 1 saturated heterocycles. The second-order valence-corrected chi connectivity index (χ2v) is 6.50. The molecule has 0 unspecified atom stereocenters. The van der Waals surface area contributed by atoms with Crippen LogP contribution in [-0.2, 0) is 11.3 Å². The minimum absolute atomic E-state index is 0.0439. The Morgan fingerprint density at radius 1 is 1.29 bits per heavy atom. The largest absolute Gasteiger partial charge is 0.493 e. The molecule has 3 amide bonds. The number of nitrogens with zero attached hydrogens (tertiary/aromatic N) is 3. The maximum absolute atomic E-state index is 12.4. The molecule has 2 aromatic rings. The predicted octanol–water partition coefficient (Wildman–Crippen LogP) is 1.40. The van der Waals surface area contributed by atoms with Crippen molar-refractivity contribution < 1.29 is 19.1 Å². The Balaban J connectivity index is 1.48. The van der Waals surface area contributed by atoms with Crippen molar-refractivity contribution in [1.82, 2.24) is 20.2 Å². The number of rotatable bonds is 8. The summed E-state index contributed by atoms with van der Waals surface area (Å²) in [4.78, 5) is 30.1. The number of urea groups is 1. The number of hydrogen-bond donors (Lipinski definition) is 2. The van der Waals surface area contributed by atoms with Gasteiger partial charge >= 0.3 is 6.03 Å². The van der Waals surface area contributed by atoms with Gasteiger partial charge in [0.2, 0.25) is 5.91 Å². The van der Waals surface area contributed by atoms with Crippen molar-refractivity contribution in [3.8, 4) is 11.5 Å². The van der Waals surface area contributed by atoms with Gasteiger partial charge in [-0.15, -0.1) is 0 Å². The summed E-state index contributed by atoms with van der Waals surface area (Å²) < 4.78 is 12.5. The number of ether oxygens (including phenoxy) is 2. The summed E-state index contributed by atoms with van der Waals surface area (Å²) in [5.41, 5.74) is 0.715. The normalized spacial score (nSPS) is 16.1. The Kier molecular flexibility index (Phi) is 6.36. The molecule has 1 fully saturated rings. The minimum atomic E-state index is -0.266. The number of anilines is 1. The fourth-order valence-electron chi connectivity index (χ4n) is 3.17. The molecule has 1 atom stereocenters. The molecule has 0 spiro atoms. The van der Waals surface area contributed by atoms with Crippen LogP contribution in [0.5, 0.6) is 11.5 Å². The Bertz CT molecular complexity index is 809. The van der Waals surface area contributed by atoms with Crippen molar-refractivity contribution in [2.45, 2.75) is 25.4 Å². The summed E-state index contributed by atoms with van der Waals surface area (Å²) in [6, 6.07) is 4.81. The number of benzene rings is 1. The lowest BCUT2D eigenvalue weighted by molar-refractivity contribution is -0.117. The van der Waals surface area contributed by atoms with Crippen LogP contribution in [0.1, 0.15) is 12.8 Å². The molecule has 1 aromatic carbocycles. The highest BCUT2D eigenvalue weighted by Gasteiger charge is 2.32. The highest BCUT2D eigenvalue weighted by molar-refractivity contribution is 5.97. The van der Waals surface area contributed by atoms with Crippen LogP contribution >= 0.6 is 0 Å². The van der Waals surface area contributed by atoms with Crippen LogP contribution < -0.4 is 25.0 Å². The van der Waals surface area contributed by atoms with Crippen LogP contribution in [0.15, 0.2) is 36.9 Å². The lowest BCUT2D eigenvalue weighted by atomic mass is 10.2. The van der Waals surface area contributed by atoms with Gasteiger partial charge in [0.05, 0.1) is 26.6 Å². The second-order valence-electron chi connectivity index (χ2n) is 6.50. The first kappa shape index (κ1) is 19.5. The first-order valence-electron chi connectivity index (χ1n) is 9.13. The maximum Gasteiger partial charge on any atom is 0.315 e. The van der Waals surface area contributed by atoms with Gasteiger partial charge in [0.25, 0.3) is 0 Å². The standard InChI is InChI=1S/C19H25N5O4/c1-27-16-5-4-15(11-17(16)28-2)24-12-14(10-18(24)25)22-19(26)21-6-3-8-23-9-7-20-13-23/h4-5,7,9,11,13-14H,3,6,8,10,12H2,1-2H3,(H2,21,22,26)/t14-/m1/s1. The molecule has 0 radical (unpaired) electrons. The summed E-state index contributed by atoms with van der Waals surface area (Å²) in [6.45, 7) is 1.75. The molecule has 1 aliphatic heterocycles. The average Bonchev–Trinajstić information content (AvgIpc) is 3.34. The number of hydrogen-bond acceptors (Lipinski definition) is 5. The molecule has 1 aromatic heterocycles. The Hall–Kier alpha value is -3.23. The second kappa shape index (κ2) is 9.12. The van der Waals surface area contributed by atoms with Crippen molar-refractivity contribution in [3.05, 3.63) is 36.9 Å². The van der Waals surface area contributed by atoms with Gasteiger partial charge in [-0.05, 0) is 18.6 Å². The van der Waals surface area contributed by atoms with Crippen LogP contribution in [0.3, 0.4) is 0 Å². The fourth-order valence-corrected chi connectivity index (χ4v) is 3.17. The number of imidazole rings is 1. The topological polar surface area (TPSA) is 97.7 Å². The van der Waals surface area contributed by atoms with Gasteiger partial charge in [0.1, 0.15) is 0 Å². The van der Waals surface area contributed by atoms with E-state index in [-0.39, 0.29) is 24.4 Å². The SMILES string of the molecule is COc1ccc(N2C[C@H](NC(=O)NCCCn3ccnc3)CC2=O)cc1OC. The Morgan fingerprint density at radius 3 is 2.82 bits per heavy atom. The molecular formula is C19H25N5O4. The first-order valence-corrected chi connectivity index (χ1v) is 9.13. The highest BCUT2D eigenvalue weighted by Crippen LogP contribution is 2.33. The van der Waals surface area contributed by atoms with E-state index in [4.69, 9.17) is 9.47 Å². The van der Waals surface area contributed by atoms with Crippen molar-refractivity contribution >= 4 is 17.6 Å². The molecule has 0 bridgehead atoms. The smallest absolute Gasteiger partial charge is 0.315 e. The van der Waals surface area contributed by atoms with Gasteiger partial charge in [0.15, 0.2) is 11.5 Å². The first-order chi connectivity index (χ1) is 13.6. The van der Waals surface area contributed by atoms with Crippen molar-refractivity contribution in [2.24, 2.45) is 0 Å². The van der Waals surface area contributed by atoms with Gasteiger partial charge in [-0.3, -0.25) is 4.79 Å². The van der Waals surface area contributed by atoms with Crippen LogP contribution in [0.25, 0.3) is 0 Å². The van der Waals surface area contributed by atoms with Gasteiger partial charge in [-0.1, -0.05) is 0 Å². The van der Waals surface area contributed by atoms with E-state index < -0.39 is 0 Å². The molecule has 9 nitrogen and oxygen atoms in total. The van der Waals surface area contributed by atoms with E-state index in [0.29, 0.717) is 30.3 Å². The average molecular weight is 387 g/mol. The Morgan fingerprint density at radius 2 is 2.11 bits per heavy atom. The summed E-state index contributed by atoms with van der Waals surface area (Å²) in [5.74, 6) is 1.11. The fraction of sp³-hybridized carbons (Fsp3) is 0.421. The van der Waals surface area contributed by atoms with E-state index in [1.807, 2.05) is 10.8 Å². The van der Waals surface area contributed by atoms with Gasteiger partial charge < -0.3 is 29.6 Å². The van der Waals surface area contributed by atoms with Gasteiger partial charge in [-0.2, -0.15) is 0 Å². The van der Waals surface area contributed by atoms with Gasteiger partial charge in [0, 0.05) is 50.2 Å². The summed E-state index contributed by atoms with van der Waals surface area (Å²) in [6.07, 6.45) is 6.41. The molecule has 1 aliphatic rings. The predicted molar refractivity (Wildman–Crippen MR) is 104 cm³/mol. The van der Waals surface area contributed by atoms with Crippen LogP contribution in [-0.4, -0.2) is 54.8 Å². The zero-order valence-electron chi connectivity index (χ0n) is 16.1. The van der Waals surface area contributed by atoms with Crippen molar-refractivity contribution in [2.75, 3.05) is 32.2 Å². The maximum atomic E-state index is 12.4. The highest BCUT2D eigenvalue weighted by atomic mass is 16.5. The van der Waals surface area contributed by atoms with E-state index in [0.717, 1.165) is 13.0 Å². The lowest BCUT2D eigenvalue weighted by Crippen LogP contribution is -2.43. The number of carbonyl (C=O) groups excluding carboxylic acids is 2.